The van der Waals surface area contributed by atoms with E-state index in [-0.39, 0.29) is 5.91 Å². The van der Waals surface area contributed by atoms with Crippen LogP contribution in [0, 0.1) is 0 Å². The number of methoxy groups -OCH3 is 1. The Kier molecular flexibility index (Phi) is 4.71. The Labute approximate surface area is 93.7 Å². The van der Waals surface area contributed by atoms with Crippen molar-refractivity contribution < 1.29 is 9.53 Å². The van der Waals surface area contributed by atoms with Crippen LogP contribution in [0.5, 0.6) is 0 Å². The van der Waals surface area contributed by atoms with Crippen molar-refractivity contribution in [2.45, 2.75) is 19.8 Å². The Balaban J connectivity index is 2.51. The highest BCUT2D eigenvalue weighted by molar-refractivity contribution is 7.09. The molecule has 0 fully saturated rings. The van der Waals surface area contributed by atoms with E-state index in [1.54, 1.807) is 12.5 Å². The Bertz CT molecular complexity index is 323. The van der Waals surface area contributed by atoms with Crippen LogP contribution in [0.4, 0.5) is 0 Å². The molecule has 1 amide bonds. The van der Waals surface area contributed by atoms with Gasteiger partial charge in [0, 0.05) is 25.0 Å². The molecule has 0 unspecified atom stereocenters. The molecule has 1 heterocycles. The molecule has 0 aliphatic heterocycles. The number of aromatic nitrogens is 1. The van der Waals surface area contributed by atoms with Crippen molar-refractivity contribution in [3.05, 3.63) is 16.1 Å². The van der Waals surface area contributed by atoms with E-state index < -0.39 is 0 Å². The summed E-state index contributed by atoms with van der Waals surface area (Å²) < 4.78 is 4.84. The zero-order chi connectivity index (χ0) is 11.3. The Hall–Kier alpha value is -0.940. The number of thiazole rings is 1. The van der Waals surface area contributed by atoms with Gasteiger partial charge in [0.1, 0.15) is 5.69 Å². The van der Waals surface area contributed by atoms with E-state index in [0.29, 0.717) is 24.8 Å². The molecular weight excluding hydrogens is 212 g/mol. The highest BCUT2D eigenvalue weighted by Crippen LogP contribution is 2.18. The maximum absolute atomic E-state index is 11.5. The van der Waals surface area contributed by atoms with Gasteiger partial charge in [0.15, 0.2) is 0 Å². The number of amides is 1. The summed E-state index contributed by atoms with van der Waals surface area (Å²) in [6.45, 7) is 5.16. The van der Waals surface area contributed by atoms with E-state index >= 15 is 0 Å². The molecule has 1 N–H and O–H groups in total. The molecule has 0 radical (unpaired) electrons. The second-order valence-electron chi connectivity index (χ2n) is 3.47. The van der Waals surface area contributed by atoms with Gasteiger partial charge in [-0.05, 0) is 0 Å². The summed E-state index contributed by atoms with van der Waals surface area (Å²) in [5.74, 6) is 0.241. The van der Waals surface area contributed by atoms with Gasteiger partial charge >= 0.3 is 0 Å². The topological polar surface area (TPSA) is 51.2 Å². The number of carbonyl (C=O) groups excluding carboxylic acids is 1. The molecule has 84 valence electrons. The quantitative estimate of drug-likeness (QED) is 0.779. The lowest BCUT2D eigenvalue weighted by atomic mass is 10.2. The first-order chi connectivity index (χ1) is 7.15. The van der Waals surface area contributed by atoms with E-state index in [1.165, 1.54) is 11.3 Å². The minimum absolute atomic E-state index is 0.129. The van der Waals surface area contributed by atoms with Gasteiger partial charge in [-0.15, -0.1) is 11.3 Å². The van der Waals surface area contributed by atoms with E-state index in [0.717, 1.165) is 5.01 Å². The average molecular weight is 228 g/mol. The molecule has 1 aromatic heterocycles. The molecule has 0 aliphatic carbocycles. The Morgan fingerprint density at radius 3 is 2.93 bits per heavy atom. The van der Waals surface area contributed by atoms with Crippen molar-refractivity contribution in [2.24, 2.45) is 0 Å². The number of ether oxygens (including phenoxy) is 1. The van der Waals surface area contributed by atoms with Crippen molar-refractivity contribution in [3.8, 4) is 0 Å². The van der Waals surface area contributed by atoms with Crippen molar-refractivity contribution in [1.82, 2.24) is 10.3 Å². The molecule has 5 heteroatoms. The van der Waals surface area contributed by atoms with E-state index in [1.807, 2.05) is 0 Å². The van der Waals surface area contributed by atoms with Crippen LogP contribution in [0.2, 0.25) is 0 Å². The van der Waals surface area contributed by atoms with Crippen LogP contribution in [-0.4, -0.2) is 31.2 Å². The molecule has 0 aliphatic rings. The fraction of sp³-hybridized carbons (Fsp3) is 0.600. The van der Waals surface area contributed by atoms with Crippen molar-refractivity contribution in [1.29, 1.82) is 0 Å². The third-order valence-electron chi connectivity index (χ3n) is 1.84. The molecule has 0 aromatic carbocycles. The average Bonchev–Trinajstić information content (AvgIpc) is 2.66. The van der Waals surface area contributed by atoms with Gasteiger partial charge in [-0.1, -0.05) is 13.8 Å². The number of nitrogens with zero attached hydrogens (tertiary/aromatic N) is 1. The molecule has 0 saturated heterocycles. The van der Waals surface area contributed by atoms with Gasteiger partial charge in [0.2, 0.25) is 0 Å². The number of rotatable bonds is 5. The second kappa shape index (κ2) is 5.82. The Morgan fingerprint density at radius 2 is 2.40 bits per heavy atom. The maximum Gasteiger partial charge on any atom is 0.270 e. The largest absolute Gasteiger partial charge is 0.383 e. The van der Waals surface area contributed by atoms with Crippen LogP contribution in [0.25, 0.3) is 0 Å². The molecule has 0 spiro atoms. The van der Waals surface area contributed by atoms with Crippen LogP contribution < -0.4 is 5.32 Å². The summed E-state index contributed by atoms with van der Waals surface area (Å²) >= 11 is 1.52. The summed E-state index contributed by atoms with van der Waals surface area (Å²) in [6, 6.07) is 0. The second-order valence-corrected chi connectivity index (χ2v) is 4.36. The van der Waals surface area contributed by atoms with Crippen LogP contribution in [0.1, 0.15) is 35.3 Å². The summed E-state index contributed by atoms with van der Waals surface area (Å²) in [4.78, 5) is 15.8. The minimum Gasteiger partial charge on any atom is -0.383 e. The van der Waals surface area contributed by atoms with Crippen LogP contribution in [0.3, 0.4) is 0 Å². The molecule has 4 nitrogen and oxygen atoms in total. The van der Waals surface area contributed by atoms with Crippen LogP contribution in [0.15, 0.2) is 5.38 Å². The number of hydrogen-bond donors (Lipinski definition) is 1. The first kappa shape index (κ1) is 12.1. The lowest BCUT2D eigenvalue weighted by Crippen LogP contribution is -2.27. The monoisotopic (exact) mass is 228 g/mol. The van der Waals surface area contributed by atoms with Gasteiger partial charge in [-0.3, -0.25) is 4.79 Å². The number of nitrogens with one attached hydrogen (secondary N) is 1. The van der Waals surface area contributed by atoms with Crippen molar-refractivity contribution >= 4 is 17.2 Å². The summed E-state index contributed by atoms with van der Waals surface area (Å²) in [5.41, 5.74) is 0.500. The first-order valence-corrected chi connectivity index (χ1v) is 5.75. The normalized spacial score (nSPS) is 10.7. The van der Waals surface area contributed by atoms with Gasteiger partial charge in [0.05, 0.1) is 11.6 Å². The number of carbonyl (C=O) groups is 1. The van der Waals surface area contributed by atoms with Crippen LogP contribution >= 0.6 is 11.3 Å². The third kappa shape index (κ3) is 3.60. The fourth-order valence-corrected chi connectivity index (χ4v) is 1.83. The highest BCUT2D eigenvalue weighted by atomic mass is 32.1. The lowest BCUT2D eigenvalue weighted by molar-refractivity contribution is 0.0932. The third-order valence-corrected chi connectivity index (χ3v) is 2.99. The fourth-order valence-electron chi connectivity index (χ4n) is 1.01. The number of hydrogen-bond acceptors (Lipinski definition) is 4. The van der Waals surface area contributed by atoms with Gasteiger partial charge in [-0.2, -0.15) is 0 Å². The summed E-state index contributed by atoms with van der Waals surface area (Å²) in [6.07, 6.45) is 0. The standard InChI is InChI=1S/C10H16N2O2S/c1-7(2)10-12-8(6-15-10)9(13)11-4-5-14-3/h6-7H,4-5H2,1-3H3,(H,11,13). The van der Waals surface area contributed by atoms with Gasteiger partial charge < -0.3 is 10.1 Å². The zero-order valence-corrected chi connectivity index (χ0v) is 10.1. The predicted molar refractivity (Wildman–Crippen MR) is 60.4 cm³/mol. The molecule has 0 atom stereocenters. The predicted octanol–water partition coefficient (Wildman–Crippen LogP) is 1.64. The lowest BCUT2D eigenvalue weighted by Gasteiger charge is -2.01. The summed E-state index contributed by atoms with van der Waals surface area (Å²) in [5, 5.41) is 5.51. The molecule has 15 heavy (non-hydrogen) atoms. The smallest absolute Gasteiger partial charge is 0.270 e. The van der Waals surface area contributed by atoms with E-state index in [2.05, 4.69) is 24.1 Å². The molecule has 0 bridgehead atoms. The maximum atomic E-state index is 11.5. The zero-order valence-electron chi connectivity index (χ0n) is 9.24. The molecule has 0 saturated carbocycles. The van der Waals surface area contributed by atoms with E-state index in [9.17, 15) is 4.79 Å². The first-order valence-electron chi connectivity index (χ1n) is 4.87. The highest BCUT2D eigenvalue weighted by Gasteiger charge is 2.11. The van der Waals surface area contributed by atoms with Gasteiger partial charge in [-0.25, -0.2) is 4.98 Å². The molecule has 1 aromatic rings. The van der Waals surface area contributed by atoms with Gasteiger partial charge in [0.25, 0.3) is 5.91 Å². The van der Waals surface area contributed by atoms with Crippen LogP contribution in [-0.2, 0) is 4.74 Å². The SMILES string of the molecule is COCCNC(=O)c1csc(C(C)C)n1. The molecular formula is C10H16N2O2S. The minimum atomic E-state index is -0.129. The molecule has 1 rings (SSSR count). The van der Waals surface area contributed by atoms with Crippen molar-refractivity contribution in [3.63, 3.8) is 0 Å². The van der Waals surface area contributed by atoms with Crippen molar-refractivity contribution in [2.75, 3.05) is 20.3 Å². The summed E-state index contributed by atoms with van der Waals surface area (Å²) in [7, 11) is 1.60. The van der Waals surface area contributed by atoms with E-state index in [4.69, 9.17) is 4.74 Å². The Morgan fingerprint density at radius 1 is 1.67 bits per heavy atom.